The fraction of sp³-hybridized carbons (Fsp3) is 0.765. The van der Waals surface area contributed by atoms with Crippen molar-refractivity contribution in [3.8, 4) is 0 Å². The standard InChI is InChI=1S/C17H30O7/c1-8-9-16(4,5)23-24-17(6,7)12-22-15(19)21-11-10-20-14(18)13(2)3/h2,8-12H2,1,3-7H3. The predicted octanol–water partition coefficient (Wildman–Crippen LogP) is 3.56. The highest BCUT2D eigenvalue weighted by Crippen LogP contribution is 2.21. The van der Waals surface area contributed by atoms with E-state index in [-0.39, 0.29) is 25.4 Å². The van der Waals surface area contributed by atoms with E-state index >= 15 is 0 Å². The second-order valence-corrected chi connectivity index (χ2v) is 6.74. The van der Waals surface area contributed by atoms with Crippen molar-refractivity contribution < 1.29 is 33.6 Å². The molecule has 24 heavy (non-hydrogen) atoms. The molecule has 0 aliphatic rings. The Balaban J connectivity index is 3.98. The molecule has 0 atom stereocenters. The first kappa shape index (κ1) is 22.4. The molecule has 0 aromatic rings. The van der Waals surface area contributed by atoms with Crippen LogP contribution in [0.25, 0.3) is 0 Å². The zero-order valence-corrected chi connectivity index (χ0v) is 15.6. The Kier molecular flexibility index (Phi) is 9.62. The molecule has 0 saturated heterocycles. The first-order chi connectivity index (χ1) is 11.0. The van der Waals surface area contributed by atoms with Gasteiger partial charge in [0, 0.05) is 5.57 Å². The molecule has 0 spiro atoms. The highest BCUT2D eigenvalue weighted by molar-refractivity contribution is 5.86. The van der Waals surface area contributed by atoms with E-state index in [1.807, 2.05) is 13.8 Å². The molecule has 0 aromatic heterocycles. The highest BCUT2D eigenvalue weighted by atomic mass is 17.2. The Labute approximate surface area is 144 Å². The highest BCUT2D eigenvalue weighted by Gasteiger charge is 2.28. The molecule has 140 valence electrons. The molecule has 0 fully saturated rings. The van der Waals surface area contributed by atoms with Crippen LogP contribution in [0.1, 0.15) is 54.4 Å². The summed E-state index contributed by atoms with van der Waals surface area (Å²) in [7, 11) is 0. The van der Waals surface area contributed by atoms with Crippen molar-refractivity contribution in [3.63, 3.8) is 0 Å². The first-order valence-electron chi connectivity index (χ1n) is 7.98. The van der Waals surface area contributed by atoms with E-state index in [0.29, 0.717) is 0 Å². The summed E-state index contributed by atoms with van der Waals surface area (Å²) in [5, 5.41) is 0. The van der Waals surface area contributed by atoms with Gasteiger partial charge >= 0.3 is 12.1 Å². The third-order valence-electron chi connectivity index (χ3n) is 2.77. The van der Waals surface area contributed by atoms with Crippen molar-refractivity contribution in [3.05, 3.63) is 12.2 Å². The van der Waals surface area contributed by atoms with Crippen LogP contribution in [-0.4, -0.2) is 43.1 Å². The van der Waals surface area contributed by atoms with Gasteiger partial charge in [-0.1, -0.05) is 19.9 Å². The van der Waals surface area contributed by atoms with Gasteiger partial charge in [0.1, 0.15) is 25.4 Å². The maximum absolute atomic E-state index is 11.5. The molecule has 0 bridgehead atoms. The topological polar surface area (TPSA) is 80.3 Å². The Bertz CT molecular complexity index is 427. The molecule has 7 nitrogen and oxygen atoms in total. The molecule has 0 aromatic carbocycles. The summed E-state index contributed by atoms with van der Waals surface area (Å²) in [5.74, 6) is -0.534. The normalized spacial score (nSPS) is 11.8. The lowest BCUT2D eigenvalue weighted by Gasteiger charge is -2.30. The van der Waals surface area contributed by atoms with Crippen molar-refractivity contribution >= 4 is 12.1 Å². The van der Waals surface area contributed by atoms with Crippen LogP contribution in [0.5, 0.6) is 0 Å². The monoisotopic (exact) mass is 346 g/mol. The molecule has 0 amide bonds. The SMILES string of the molecule is C=C(C)C(=O)OCCOC(=O)OCC(C)(C)OOC(C)(C)CCC. The van der Waals surface area contributed by atoms with Crippen LogP contribution in [0.3, 0.4) is 0 Å². The molecule has 0 saturated carbocycles. The van der Waals surface area contributed by atoms with Crippen LogP contribution >= 0.6 is 0 Å². The largest absolute Gasteiger partial charge is 0.508 e. The lowest BCUT2D eigenvalue weighted by atomic mass is 10.0. The Hall–Kier alpha value is -1.60. The summed E-state index contributed by atoms with van der Waals surface area (Å²) < 4.78 is 14.5. The van der Waals surface area contributed by atoms with Gasteiger partial charge in [-0.3, -0.25) is 0 Å². The molecular formula is C17H30O7. The lowest BCUT2D eigenvalue weighted by Crippen LogP contribution is -2.36. The van der Waals surface area contributed by atoms with Gasteiger partial charge < -0.3 is 14.2 Å². The van der Waals surface area contributed by atoms with Gasteiger partial charge in [0.15, 0.2) is 0 Å². The number of ether oxygens (including phenoxy) is 3. The first-order valence-corrected chi connectivity index (χ1v) is 7.98. The molecule has 0 heterocycles. The van der Waals surface area contributed by atoms with Crippen molar-refractivity contribution in [1.29, 1.82) is 0 Å². The minimum absolute atomic E-state index is 0.0421. The quantitative estimate of drug-likeness (QED) is 0.186. The van der Waals surface area contributed by atoms with Crippen LogP contribution in [0.4, 0.5) is 4.79 Å². The van der Waals surface area contributed by atoms with Gasteiger partial charge in [0.05, 0.1) is 5.60 Å². The molecule has 0 N–H and O–H groups in total. The molecule has 0 aliphatic heterocycles. The third kappa shape index (κ3) is 11.0. The van der Waals surface area contributed by atoms with Crippen LogP contribution in [0, 0.1) is 0 Å². The van der Waals surface area contributed by atoms with E-state index in [4.69, 9.17) is 24.0 Å². The van der Waals surface area contributed by atoms with E-state index in [9.17, 15) is 9.59 Å². The zero-order chi connectivity index (χ0) is 18.8. The second kappa shape index (κ2) is 10.3. The molecule has 0 aliphatic carbocycles. The summed E-state index contributed by atoms with van der Waals surface area (Å²) in [6.07, 6.45) is 0.940. The average molecular weight is 346 g/mol. The maximum atomic E-state index is 11.5. The van der Waals surface area contributed by atoms with E-state index in [1.165, 1.54) is 6.92 Å². The van der Waals surface area contributed by atoms with E-state index < -0.39 is 23.3 Å². The number of esters is 1. The van der Waals surface area contributed by atoms with Crippen molar-refractivity contribution in [2.45, 2.75) is 65.6 Å². The van der Waals surface area contributed by atoms with Crippen LogP contribution in [0.15, 0.2) is 12.2 Å². The van der Waals surface area contributed by atoms with E-state index in [0.717, 1.165) is 12.8 Å². The molecule has 0 rings (SSSR count). The minimum Gasteiger partial charge on any atom is -0.459 e. The summed E-state index contributed by atoms with van der Waals surface area (Å²) in [6, 6.07) is 0. The van der Waals surface area contributed by atoms with Gasteiger partial charge in [-0.25, -0.2) is 19.4 Å². The van der Waals surface area contributed by atoms with E-state index in [2.05, 4.69) is 13.5 Å². The number of hydrogen-bond acceptors (Lipinski definition) is 7. The summed E-state index contributed by atoms with van der Waals surface area (Å²) in [6.45, 7) is 14.1. The Morgan fingerprint density at radius 3 is 2.00 bits per heavy atom. The van der Waals surface area contributed by atoms with Gasteiger partial charge in [0.25, 0.3) is 0 Å². The number of hydrogen-bond donors (Lipinski definition) is 0. The minimum atomic E-state index is -0.870. The van der Waals surface area contributed by atoms with Crippen molar-refractivity contribution in [2.75, 3.05) is 19.8 Å². The van der Waals surface area contributed by atoms with Crippen LogP contribution in [-0.2, 0) is 28.8 Å². The van der Waals surface area contributed by atoms with Gasteiger partial charge in [-0.05, 0) is 41.0 Å². The lowest BCUT2D eigenvalue weighted by molar-refractivity contribution is -0.405. The van der Waals surface area contributed by atoms with Gasteiger partial charge in [-0.2, -0.15) is 0 Å². The van der Waals surface area contributed by atoms with Crippen molar-refractivity contribution in [1.82, 2.24) is 0 Å². The predicted molar refractivity (Wildman–Crippen MR) is 88.3 cm³/mol. The van der Waals surface area contributed by atoms with E-state index in [1.54, 1.807) is 13.8 Å². The third-order valence-corrected chi connectivity index (χ3v) is 2.77. The summed E-state index contributed by atoms with van der Waals surface area (Å²) in [4.78, 5) is 33.4. The number of carbonyl (C=O) groups excluding carboxylic acids is 2. The Morgan fingerprint density at radius 2 is 1.46 bits per heavy atom. The van der Waals surface area contributed by atoms with Gasteiger partial charge in [0.2, 0.25) is 0 Å². The molecule has 0 unspecified atom stereocenters. The summed E-state index contributed by atoms with van der Waals surface area (Å²) >= 11 is 0. The number of carbonyl (C=O) groups is 2. The second-order valence-electron chi connectivity index (χ2n) is 6.74. The van der Waals surface area contributed by atoms with Crippen molar-refractivity contribution in [2.24, 2.45) is 0 Å². The molecule has 0 radical (unpaired) electrons. The fourth-order valence-corrected chi connectivity index (χ4v) is 1.55. The van der Waals surface area contributed by atoms with Crippen LogP contribution < -0.4 is 0 Å². The Morgan fingerprint density at radius 1 is 0.917 bits per heavy atom. The van der Waals surface area contributed by atoms with Gasteiger partial charge in [-0.15, -0.1) is 0 Å². The molecular weight excluding hydrogens is 316 g/mol. The molecule has 7 heteroatoms. The zero-order valence-electron chi connectivity index (χ0n) is 15.6. The smallest absolute Gasteiger partial charge is 0.459 e. The average Bonchev–Trinajstić information content (AvgIpc) is 2.47. The maximum Gasteiger partial charge on any atom is 0.508 e. The number of rotatable bonds is 11. The van der Waals surface area contributed by atoms with Crippen LogP contribution in [0.2, 0.25) is 0 Å². The summed E-state index contributed by atoms with van der Waals surface area (Å²) in [5.41, 5.74) is -0.960. The fourth-order valence-electron chi connectivity index (χ4n) is 1.55.